The Morgan fingerprint density at radius 1 is 1.21 bits per heavy atom. The second-order valence-corrected chi connectivity index (χ2v) is 7.93. The molecule has 1 aromatic carbocycles. The van der Waals surface area contributed by atoms with Gasteiger partial charge in [0.2, 0.25) is 11.1 Å². The van der Waals surface area contributed by atoms with Crippen molar-refractivity contribution in [1.29, 1.82) is 0 Å². The van der Waals surface area contributed by atoms with Crippen molar-refractivity contribution in [2.75, 3.05) is 6.26 Å². The largest absolute Gasteiger partial charge is 0.374 e. The van der Waals surface area contributed by atoms with E-state index in [1.807, 2.05) is 58.2 Å². The van der Waals surface area contributed by atoms with Crippen LogP contribution in [0, 0.1) is 13.8 Å². The first-order valence-corrected chi connectivity index (χ1v) is 10.8. The number of amides is 1. The van der Waals surface area contributed by atoms with Crippen LogP contribution in [0.25, 0.3) is 5.78 Å². The van der Waals surface area contributed by atoms with Crippen LogP contribution in [-0.2, 0) is 29.1 Å². The number of nitrogens with one attached hydrogen (secondary N) is 1. The number of aryl methyl sites for hydroxylation is 2. The summed E-state index contributed by atoms with van der Waals surface area (Å²) in [4.78, 5) is 21.5. The Labute approximate surface area is 175 Å². The Bertz CT molecular complexity index is 1020. The van der Waals surface area contributed by atoms with Crippen molar-refractivity contribution in [2.45, 2.75) is 58.5 Å². The van der Waals surface area contributed by atoms with E-state index in [0.717, 1.165) is 28.1 Å². The standard InChI is InChI=1S/C21H27N5O2S/c1-13(2)28-12-17-9-7-6-8-16(17)11-22-19(27)10-18-14(3)23-20-24-21(29-5)25-26(20)15(18)4/h6-9,13H,10-12H2,1-5H3,(H,22,27). The maximum atomic E-state index is 12.6. The monoisotopic (exact) mass is 413 g/mol. The van der Waals surface area contributed by atoms with Gasteiger partial charge in [-0.15, -0.1) is 5.10 Å². The van der Waals surface area contributed by atoms with E-state index >= 15 is 0 Å². The molecule has 1 N–H and O–H groups in total. The zero-order valence-electron chi connectivity index (χ0n) is 17.5. The molecule has 0 atom stereocenters. The van der Waals surface area contributed by atoms with Crippen LogP contribution in [0.15, 0.2) is 29.4 Å². The van der Waals surface area contributed by atoms with E-state index in [9.17, 15) is 4.79 Å². The third-order valence-electron chi connectivity index (χ3n) is 4.72. The van der Waals surface area contributed by atoms with Crippen molar-refractivity contribution in [3.8, 4) is 0 Å². The molecule has 0 bridgehead atoms. The Kier molecular flexibility index (Phi) is 6.87. The van der Waals surface area contributed by atoms with E-state index < -0.39 is 0 Å². The third kappa shape index (κ3) is 5.13. The maximum absolute atomic E-state index is 12.6. The zero-order valence-corrected chi connectivity index (χ0v) is 18.3. The molecule has 0 fully saturated rings. The molecule has 0 aliphatic rings. The first kappa shape index (κ1) is 21.3. The normalized spacial score (nSPS) is 11.4. The summed E-state index contributed by atoms with van der Waals surface area (Å²) in [5.74, 6) is 0.509. The summed E-state index contributed by atoms with van der Waals surface area (Å²) in [5, 5.41) is 8.13. The number of aromatic nitrogens is 4. The fourth-order valence-electron chi connectivity index (χ4n) is 3.08. The van der Waals surface area contributed by atoms with Gasteiger partial charge < -0.3 is 10.1 Å². The van der Waals surface area contributed by atoms with E-state index in [1.54, 1.807) is 4.52 Å². The van der Waals surface area contributed by atoms with Crippen molar-refractivity contribution in [2.24, 2.45) is 0 Å². The number of hydrogen-bond acceptors (Lipinski definition) is 6. The molecule has 2 heterocycles. The van der Waals surface area contributed by atoms with Gasteiger partial charge in [0.15, 0.2) is 0 Å². The van der Waals surface area contributed by atoms with Crippen molar-refractivity contribution >= 4 is 23.4 Å². The van der Waals surface area contributed by atoms with E-state index in [2.05, 4.69) is 20.4 Å². The highest BCUT2D eigenvalue weighted by Gasteiger charge is 2.16. The molecule has 0 saturated heterocycles. The SMILES string of the molecule is CSc1nc2nc(C)c(CC(=O)NCc3ccccc3COC(C)C)c(C)n2n1. The summed E-state index contributed by atoms with van der Waals surface area (Å²) >= 11 is 1.47. The highest BCUT2D eigenvalue weighted by Crippen LogP contribution is 2.17. The Morgan fingerprint density at radius 2 is 1.93 bits per heavy atom. The minimum absolute atomic E-state index is 0.0536. The molecule has 0 unspecified atom stereocenters. The molecular formula is C21H27N5O2S. The quantitative estimate of drug-likeness (QED) is 0.571. The molecule has 0 aliphatic carbocycles. The van der Waals surface area contributed by atoms with Gasteiger partial charge in [0.25, 0.3) is 5.78 Å². The number of fused-ring (bicyclic) bond motifs is 1. The van der Waals surface area contributed by atoms with E-state index in [-0.39, 0.29) is 18.4 Å². The molecule has 3 rings (SSSR count). The van der Waals surface area contributed by atoms with Gasteiger partial charge in [0, 0.05) is 23.5 Å². The fraction of sp³-hybridized carbons (Fsp3) is 0.429. The van der Waals surface area contributed by atoms with Gasteiger partial charge in [-0.3, -0.25) is 4.79 Å². The lowest BCUT2D eigenvalue weighted by Crippen LogP contribution is -2.26. The van der Waals surface area contributed by atoms with Crippen LogP contribution < -0.4 is 5.32 Å². The minimum Gasteiger partial charge on any atom is -0.374 e. The van der Waals surface area contributed by atoms with Gasteiger partial charge in [-0.05, 0) is 45.1 Å². The number of rotatable bonds is 8. The van der Waals surface area contributed by atoms with Gasteiger partial charge in [0.05, 0.1) is 19.1 Å². The van der Waals surface area contributed by atoms with E-state index in [4.69, 9.17) is 4.74 Å². The molecule has 7 nitrogen and oxygen atoms in total. The van der Waals surface area contributed by atoms with Gasteiger partial charge in [-0.25, -0.2) is 9.50 Å². The number of nitrogens with zero attached hydrogens (tertiary/aromatic N) is 4. The van der Waals surface area contributed by atoms with E-state index in [1.165, 1.54) is 11.8 Å². The van der Waals surface area contributed by atoms with Crippen LogP contribution in [0.2, 0.25) is 0 Å². The van der Waals surface area contributed by atoms with Crippen LogP contribution >= 0.6 is 11.8 Å². The Hall–Kier alpha value is -2.45. The molecule has 1 amide bonds. The summed E-state index contributed by atoms with van der Waals surface area (Å²) in [7, 11) is 0. The molecule has 0 aliphatic heterocycles. The number of carbonyl (C=O) groups excluding carboxylic acids is 1. The average molecular weight is 414 g/mol. The highest BCUT2D eigenvalue weighted by molar-refractivity contribution is 7.98. The summed E-state index contributed by atoms with van der Waals surface area (Å²) in [5.41, 5.74) is 4.72. The fourth-order valence-corrected chi connectivity index (χ4v) is 3.41. The summed E-state index contributed by atoms with van der Waals surface area (Å²) in [6.07, 6.45) is 2.34. The molecule has 154 valence electrons. The molecule has 8 heteroatoms. The maximum Gasteiger partial charge on any atom is 0.253 e. The Balaban J connectivity index is 1.70. The average Bonchev–Trinajstić information content (AvgIpc) is 3.11. The lowest BCUT2D eigenvalue weighted by atomic mass is 10.1. The predicted octanol–water partition coefficient (Wildman–Crippen LogP) is 3.25. The summed E-state index contributed by atoms with van der Waals surface area (Å²) in [6.45, 7) is 8.87. The first-order chi connectivity index (χ1) is 13.9. The smallest absolute Gasteiger partial charge is 0.253 e. The molecule has 0 saturated carbocycles. The van der Waals surface area contributed by atoms with E-state index in [0.29, 0.717) is 24.1 Å². The van der Waals surface area contributed by atoms with Crippen LogP contribution in [0.5, 0.6) is 0 Å². The predicted molar refractivity (Wildman–Crippen MR) is 114 cm³/mol. The molecule has 2 aromatic heterocycles. The van der Waals surface area contributed by atoms with Gasteiger partial charge in [-0.2, -0.15) is 4.98 Å². The molecule has 3 aromatic rings. The van der Waals surface area contributed by atoms with Crippen LogP contribution in [-0.4, -0.2) is 37.8 Å². The zero-order chi connectivity index (χ0) is 21.0. The van der Waals surface area contributed by atoms with Crippen molar-refractivity contribution in [1.82, 2.24) is 24.9 Å². The van der Waals surface area contributed by atoms with Crippen LogP contribution in [0.4, 0.5) is 0 Å². The number of ether oxygens (including phenoxy) is 1. The molecular weight excluding hydrogens is 386 g/mol. The molecule has 0 radical (unpaired) electrons. The lowest BCUT2D eigenvalue weighted by Gasteiger charge is -2.14. The highest BCUT2D eigenvalue weighted by atomic mass is 32.2. The molecule has 0 spiro atoms. The van der Waals surface area contributed by atoms with Crippen LogP contribution in [0.1, 0.15) is 41.9 Å². The summed E-state index contributed by atoms with van der Waals surface area (Å²) in [6, 6.07) is 8.01. The molecule has 29 heavy (non-hydrogen) atoms. The number of thioether (sulfide) groups is 1. The van der Waals surface area contributed by atoms with Gasteiger partial charge >= 0.3 is 0 Å². The number of carbonyl (C=O) groups is 1. The number of benzene rings is 1. The first-order valence-electron chi connectivity index (χ1n) is 9.61. The van der Waals surface area contributed by atoms with Gasteiger partial charge in [0.1, 0.15) is 0 Å². The lowest BCUT2D eigenvalue weighted by molar-refractivity contribution is -0.120. The topological polar surface area (TPSA) is 81.4 Å². The van der Waals surface area contributed by atoms with Crippen molar-refractivity contribution in [3.05, 3.63) is 52.3 Å². The van der Waals surface area contributed by atoms with Crippen molar-refractivity contribution in [3.63, 3.8) is 0 Å². The Morgan fingerprint density at radius 3 is 2.62 bits per heavy atom. The minimum atomic E-state index is -0.0536. The summed E-state index contributed by atoms with van der Waals surface area (Å²) < 4.78 is 7.42. The second kappa shape index (κ2) is 9.37. The van der Waals surface area contributed by atoms with Crippen LogP contribution in [0.3, 0.4) is 0 Å². The third-order valence-corrected chi connectivity index (χ3v) is 5.25. The second-order valence-electron chi connectivity index (χ2n) is 7.15. The van der Waals surface area contributed by atoms with Gasteiger partial charge in [-0.1, -0.05) is 36.0 Å². The van der Waals surface area contributed by atoms with Crippen molar-refractivity contribution < 1.29 is 9.53 Å². The number of hydrogen-bond donors (Lipinski definition) is 1.